The zero-order chi connectivity index (χ0) is 37.4. The summed E-state index contributed by atoms with van der Waals surface area (Å²) in [6.45, 7) is 9.83. The van der Waals surface area contributed by atoms with E-state index in [9.17, 15) is 19.5 Å². The lowest BCUT2D eigenvalue weighted by molar-refractivity contribution is -0.0115. The topological polar surface area (TPSA) is 158 Å². The van der Waals surface area contributed by atoms with E-state index in [1.54, 1.807) is 55.8 Å². The monoisotopic (exact) mass is 714 g/mol. The van der Waals surface area contributed by atoms with E-state index in [0.717, 1.165) is 30.0 Å². The Kier molecular flexibility index (Phi) is 12.7. The lowest BCUT2D eigenvalue weighted by Crippen LogP contribution is -2.48. The molecular formula is C39H50N6O7. The second-order valence-electron chi connectivity index (χ2n) is 13.6. The van der Waals surface area contributed by atoms with Crippen LogP contribution in [-0.2, 0) is 4.74 Å². The minimum Gasteiger partial charge on any atom is -0.490 e. The standard InChI is InChI=1S/C39H50N6O7/c1-24-21-45(25(2)23-46)37(47)32-20-30(40-38(48)42-36-27(4)43-52-28(36)5)17-18-34(32)51-26(3)12-9-10-19-50-35(24)22-44(6)39(49)41-33-16-11-14-29-13-7-8-15-31(29)33/h7-8,11,13-18,20,24-26,35,46H,9-10,12,19,21-23H2,1-6H3,(H,41,49)(H2,40,42,48)/t24-,25+,26+,35+/m0/s1. The van der Waals surface area contributed by atoms with Crippen LogP contribution in [-0.4, -0.2) is 89.6 Å². The molecule has 0 saturated carbocycles. The summed E-state index contributed by atoms with van der Waals surface area (Å²) in [5.74, 6) is 0.241. The van der Waals surface area contributed by atoms with Crippen molar-refractivity contribution in [2.24, 2.45) is 5.92 Å². The molecule has 0 fully saturated rings. The summed E-state index contributed by atoms with van der Waals surface area (Å²) in [6.07, 6.45) is 1.72. The maximum Gasteiger partial charge on any atom is 0.323 e. The van der Waals surface area contributed by atoms with Crippen LogP contribution >= 0.6 is 0 Å². The number of aliphatic hydroxyl groups is 1. The van der Waals surface area contributed by atoms with E-state index in [0.29, 0.717) is 40.9 Å². The van der Waals surface area contributed by atoms with E-state index in [2.05, 4.69) is 21.1 Å². The van der Waals surface area contributed by atoms with Gasteiger partial charge in [0.1, 0.15) is 17.1 Å². The third kappa shape index (κ3) is 9.39. The molecule has 5 amide bonds. The van der Waals surface area contributed by atoms with Crippen LogP contribution in [0.3, 0.4) is 0 Å². The smallest absolute Gasteiger partial charge is 0.323 e. The van der Waals surface area contributed by atoms with Crippen molar-refractivity contribution in [2.75, 3.05) is 49.3 Å². The fourth-order valence-electron chi connectivity index (χ4n) is 6.30. The number of aromatic nitrogens is 1. The first kappa shape index (κ1) is 38.1. The van der Waals surface area contributed by atoms with Gasteiger partial charge in [-0.15, -0.1) is 0 Å². The van der Waals surface area contributed by atoms with Crippen LogP contribution in [0.1, 0.15) is 61.8 Å². The van der Waals surface area contributed by atoms with E-state index >= 15 is 0 Å². The molecule has 0 unspecified atom stereocenters. The van der Waals surface area contributed by atoms with Crippen LogP contribution < -0.4 is 20.7 Å². The highest BCUT2D eigenvalue weighted by atomic mass is 16.5. The van der Waals surface area contributed by atoms with Crippen LogP contribution in [0.5, 0.6) is 5.75 Å². The van der Waals surface area contributed by atoms with E-state index in [1.165, 1.54) is 0 Å². The molecule has 0 radical (unpaired) electrons. The average molecular weight is 715 g/mol. The van der Waals surface area contributed by atoms with Crippen molar-refractivity contribution >= 4 is 45.8 Å². The number of nitrogens with one attached hydrogen (secondary N) is 3. The minimum absolute atomic E-state index is 0.210. The first-order valence-corrected chi connectivity index (χ1v) is 17.8. The molecule has 3 aromatic carbocycles. The molecule has 0 aliphatic carbocycles. The van der Waals surface area contributed by atoms with Gasteiger partial charge in [-0.2, -0.15) is 0 Å². The van der Waals surface area contributed by atoms with Gasteiger partial charge in [-0.25, -0.2) is 9.59 Å². The Labute approximate surface area is 304 Å². The average Bonchev–Trinajstić information content (AvgIpc) is 3.44. The van der Waals surface area contributed by atoms with Crippen molar-refractivity contribution in [2.45, 2.75) is 72.1 Å². The highest BCUT2D eigenvalue weighted by Crippen LogP contribution is 2.29. The molecule has 4 aromatic rings. The molecule has 5 rings (SSSR count). The SMILES string of the molecule is Cc1noc(C)c1NC(=O)Nc1ccc2c(c1)C(=O)N([C@H](C)CO)C[C@H](C)[C@@H](CN(C)C(=O)Nc1cccc3ccccc13)OCCCC[C@@H](C)O2. The zero-order valence-corrected chi connectivity index (χ0v) is 30.8. The maximum absolute atomic E-state index is 14.5. The number of anilines is 3. The third-order valence-corrected chi connectivity index (χ3v) is 9.41. The number of likely N-dealkylation sites (N-methyl/N-ethyl adjacent to an activating group) is 1. The number of carbonyl (C=O) groups is 3. The number of amides is 5. The van der Waals surface area contributed by atoms with Crippen LogP contribution in [0.2, 0.25) is 0 Å². The van der Waals surface area contributed by atoms with Gasteiger partial charge in [-0.3, -0.25) is 4.79 Å². The van der Waals surface area contributed by atoms with Gasteiger partial charge in [-0.1, -0.05) is 48.5 Å². The Morgan fingerprint density at radius 1 is 1.04 bits per heavy atom. The fraction of sp³-hybridized carbons (Fsp3) is 0.436. The van der Waals surface area contributed by atoms with E-state index in [4.69, 9.17) is 14.0 Å². The Balaban J connectivity index is 1.37. The number of hydrogen-bond donors (Lipinski definition) is 4. The zero-order valence-electron chi connectivity index (χ0n) is 30.8. The normalized spacial score (nSPS) is 19.2. The first-order chi connectivity index (χ1) is 24.9. The van der Waals surface area contributed by atoms with E-state index in [-0.39, 0.29) is 49.2 Å². The summed E-state index contributed by atoms with van der Waals surface area (Å²) in [5.41, 5.74) is 2.34. The summed E-state index contributed by atoms with van der Waals surface area (Å²) in [5, 5.41) is 24.7. The number of rotatable bonds is 7. The van der Waals surface area contributed by atoms with Gasteiger partial charge in [0.05, 0.1) is 36.1 Å². The molecule has 13 nitrogen and oxygen atoms in total. The Hall–Kier alpha value is -5.14. The van der Waals surface area contributed by atoms with Crippen molar-refractivity contribution < 1.29 is 33.5 Å². The van der Waals surface area contributed by atoms with Crippen molar-refractivity contribution in [1.82, 2.24) is 15.0 Å². The number of aliphatic hydroxyl groups excluding tert-OH is 1. The second kappa shape index (κ2) is 17.4. The number of nitrogens with zero attached hydrogens (tertiary/aromatic N) is 3. The summed E-state index contributed by atoms with van der Waals surface area (Å²) < 4.78 is 17.9. The van der Waals surface area contributed by atoms with Crippen molar-refractivity contribution in [3.05, 3.63) is 77.7 Å². The minimum atomic E-state index is -0.555. The molecule has 4 N–H and O–H groups in total. The van der Waals surface area contributed by atoms with E-state index < -0.39 is 18.2 Å². The number of fused-ring (bicyclic) bond motifs is 2. The van der Waals surface area contributed by atoms with Gasteiger partial charge in [0.15, 0.2) is 5.76 Å². The van der Waals surface area contributed by atoms with Gasteiger partial charge in [0.25, 0.3) is 5.91 Å². The summed E-state index contributed by atoms with van der Waals surface area (Å²) >= 11 is 0. The van der Waals surface area contributed by atoms with Gasteiger partial charge < -0.3 is 44.9 Å². The van der Waals surface area contributed by atoms with Crippen LogP contribution in [0, 0.1) is 19.8 Å². The number of ether oxygens (including phenoxy) is 2. The molecule has 1 aliphatic heterocycles. The highest BCUT2D eigenvalue weighted by Gasteiger charge is 2.31. The predicted molar refractivity (Wildman–Crippen MR) is 201 cm³/mol. The highest BCUT2D eigenvalue weighted by molar-refractivity contribution is 6.03. The van der Waals surface area contributed by atoms with Crippen molar-refractivity contribution in [3.8, 4) is 5.75 Å². The lowest BCUT2D eigenvalue weighted by atomic mass is 10.0. The fourth-order valence-corrected chi connectivity index (χ4v) is 6.30. The largest absolute Gasteiger partial charge is 0.490 e. The molecule has 1 aliphatic rings. The van der Waals surface area contributed by atoms with Gasteiger partial charge in [0.2, 0.25) is 0 Å². The molecule has 278 valence electrons. The molecule has 0 spiro atoms. The Morgan fingerprint density at radius 3 is 2.56 bits per heavy atom. The molecule has 1 aromatic heterocycles. The van der Waals surface area contributed by atoms with Gasteiger partial charge >= 0.3 is 12.1 Å². The Morgan fingerprint density at radius 2 is 1.81 bits per heavy atom. The summed E-state index contributed by atoms with van der Waals surface area (Å²) in [6, 6.07) is 17.3. The summed E-state index contributed by atoms with van der Waals surface area (Å²) in [4.78, 5) is 44.1. The molecule has 4 atom stereocenters. The Bertz CT molecular complexity index is 1840. The number of carbonyl (C=O) groups excluding carboxylic acids is 3. The maximum atomic E-state index is 14.5. The van der Waals surface area contributed by atoms with Crippen LogP contribution in [0.15, 0.2) is 65.2 Å². The molecule has 2 heterocycles. The van der Waals surface area contributed by atoms with Crippen LogP contribution in [0.4, 0.5) is 26.7 Å². The molecule has 13 heteroatoms. The third-order valence-electron chi connectivity index (χ3n) is 9.41. The molecule has 52 heavy (non-hydrogen) atoms. The molecule has 0 bridgehead atoms. The van der Waals surface area contributed by atoms with Crippen molar-refractivity contribution in [3.63, 3.8) is 0 Å². The van der Waals surface area contributed by atoms with Crippen molar-refractivity contribution in [1.29, 1.82) is 0 Å². The summed E-state index contributed by atoms with van der Waals surface area (Å²) in [7, 11) is 1.73. The lowest BCUT2D eigenvalue weighted by Gasteiger charge is -2.35. The second-order valence-corrected chi connectivity index (χ2v) is 13.6. The van der Waals surface area contributed by atoms with Gasteiger partial charge in [-0.05, 0) is 76.6 Å². The number of hydrogen-bond acceptors (Lipinski definition) is 8. The molecular weight excluding hydrogens is 664 g/mol. The number of benzene rings is 3. The molecule has 0 saturated heterocycles. The van der Waals surface area contributed by atoms with Crippen LogP contribution in [0.25, 0.3) is 10.8 Å². The quantitative estimate of drug-likeness (QED) is 0.159. The number of aryl methyl sites for hydroxylation is 2. The van der Waals surface area contributed by atoms with Gasteiger partial charge in [0, 0.05) is 43.7 Å². The first-order valence-electron chi connectivity index (χ1n) is 17.8. The predicted octanol–water partition coefficient (Wildman–Crippen LogP) is 7.05. The van der Waals surface area contributed by atoms with E-state index in [1.807, 2.05) is 56.3 Å². The number of urea groups is 2.